The van der Waals surface area contributed by atoms with Crippen LogP contribution < -0.4 is 5.32 Å². The molecule has 0 spiro atoms. The molecule has 34 heavy (non-hydrogen) atoms. The molecule has 0 unspecified atom stereocenters. The Hall–Kier alpha value is -3.48. The summed E-state index contributed by atoms with van der Waals surface area (Å²) in [6.45, 7) is 0.727. The van der Waals surface area contributed by atoms with E-state index in [1.54, 1.807) is 0 Å². The average Bonchev–Trinajstić information content (AvgIpc) is 3.13. The van der Waals surface area contributed by atoms with Gasteiger partial charge in [-0.15, -0.1) is 0 Å². The number of carbonyl (C=O) groups excluding carboxylic acids is 2. The van der Waals surface area contributed by atoms with E-state index in [1.807, 2.05) is 60.7 Å². The van der Waals surface area contributed by atoms with Gasteiger partial charge in [0.2, 0.25) is 5.91 Å². The highest BCUT2D eigenvalue weighted by Gasteiger charge is 2.32. The molecule has 5 rings (SSSR count). The number of nitrogens with one attached hydrogen (secondary N) is 1. The van der Waals surface area contributed by atoms with Crippen LogP contribution in [0, 0.1) is 0 Å². The molecule has 0 bridgehead atoms. The van der Waals surface area contributed by atoms with Crippen molar-refractivity contribution in [2.45, 2.75) is 13.0 Å². The third-order valence-corrected chi connectivity index (χ3v) is 7.23. The molecule has 4 nitrogen and oxygen atoms in total. The van der Waals surface area contributed by atoms with Crippen molar-refractivity contribution in [3.05, 3.63) is 101 Å². The maximum atomic E-state index is 13.2. The molecule has 168 valence electrons. The second-order valence-corrected chi connectivity index (χ2v) is 9.75. The van der Waals surface area contributed by atoms with E-state index in [4.69, 9.17) is 12.2 Å². The molecule has 0 saturated carbocycles. The fraction of sp³-hybridized carbons (Fsp3) is 0.107. The summed E-state index contributed by atoms with van der Waals surface area (Å²) in [5.74, 6) is -0.259. The zero-order valence-electron chi connectivity index (χ0n) is 18.4. The maximum Gasteiger partial charge on any atom is 0.266 e. The quantitative estimate of drug-likeness (QED) is 0.211. The van der Waals surface area contributed by atoms with E-state index in [2.05, 4.69) is 35.6 Å². The Morgan fingerprint density at radius 2 is 1.53 bits per heavy atom. The Bertz CT molecular complexity index is 1390. The number of fused-ring (bicyclic) bond motifs is 2. The lowest BCUT2D eigenvalue weighted by Crippen LogP contribution is -2.33. The molecular formula is C28H22N2O2S2. The number of thioether (sulfide) groups is 1. The Morgan fingerprint density at radius 1 is 0.912 bits per heavy atom. The van der Waals surface area contributed by atoms with E-state index in [0.717, 1.165) is 32.7 Å². The molecule has 2 amide bonds. The number of amides is 2. The highest BCUT2D eigenvalue weighted by molar-refractivity contribution is 8.26. The lowest BCUT2D eigenvalue weighted by Gasteiger charge is -2.14. The van der Waals surface area contributed by atoms with Crippen molar-refractivity contribution in [3.8, 4) is 0 Å². The van der Waals surface area contributed by atoms with Gasteiger partial charge >= 0.3 is 0 Å². The molecule has 0 aromatic heterocycles. The Morgan fingerprint density at radius 3 is 2.21 bits per heavy atom. The second-order valence-electron chi connectivity index (χ2n) is 8.08. The van der Waals surface area contributed by atoms with Crippen molar-refractivity contribution in [2.75, 3.05) is 6.54 Å². The van der Waals surface area contributed by atoms with Gasteiger partial charge in [-0.05, 0) is 44.8 Å². The molecule has 0 radical (unpaired) electrons. The first-order valence-corrected chi connectivity index (χ1v) is 12.3. The molecule has 4 aromatic carbocycles. The number of benzene rings is 4. The molecule has 1 aliphatic heterocycles. The number of hydrogen-bond acceptors (Lipinski definition) is 4. The standard InChI is InChI=1S/C28H22N2O2S2/c31-26(29-18-19-8-2-1-3-9-19)14-15-30-27(32)25(34-28(30)33)17-24-22-12-6-4-10-20(22)16-21-11-5-7-13-23(21)24/h1-13,16-17H,14-15,18H2,(H,29,31)/b25-17-. The minimum atomic E-state index is -0.150. The first kappa shape index (κ1) is 22.3. The largest absolute Gasteiger partial charge is 0.352 e. The minimum Gasteiger partial charge on any atom is -0.352 e. The Kier molecular flexibility index (Phi) is 6.43. The number of thiocarbonyl (C=S) groups is 1. The monoisotopic (exact) mass is 482 g/mol. The van der Waals surface area contributed by atoms with E-state index in [0.29, 0.717) is 15.8 Å². The third kappa shape index (κ3) is 4.60. The van der Waals surface area contributed by atoms with Crippen LogP contribution in [0.15, 0.2) is 89.8 Å². The molecule has 1 saturated heterocycles. The zero-order chi connectivity index (χ0) is 23.5. The van der Waals surface area contributed by atoms with Gasteiger partial charge in [0.15, 0.2) is 0 Å². The van der Waals surface area contributed by atoms with E-state index in [9.17, 15) is 9.59 Å². The van der Waals surface area contributed by atoms with Gasteiger partial charge in [-0.2, -0.15) is 0 Å². The summed E-state index contributed by atoms with van der Waals surface area (Å²) in [4.78, 5) is 27.6. The van der Waals surface area contributed by atoms with Gasteiger partial charge in [0.1, 0.15) is 4.32 Å². The lowest BCUT2D eigenvalue weighted by atomic mass is 9.96. The predicted molar refractivity (Wildman–Crippen MR) is 144 cm³/mol. The molecular weight excluding hydrogens is 460 g/mol. The van der Waals surface area contributed by atoms with E-state index < -0.39 is 0 Å². The molecule has 1 N–H and O–H groups in total. The third-order valence-electron chi connectivity index (χ3n) is 5.86. The summed E-state index contributed by atoms with van der Waals surface area (Å²) in [5.41, 5.74) is 2.04. The first-order chi connectivity index (χ1) is 16.6. The maximum absolute atomic E-state index is 13.2. The summed E-state index contributed by atoms with van der Waals surface area (Å²) >= 11 is 6.78. The van der Waals surface area contributed by atoms with E-state index in [-0.39, 0.29) is 24.8 Å². The Balaban J connectivity index is 1.35. The number of carbonyl (C=O) groups is 2. The van der Waals surface area contributed by atoms with Crippen LogP contribution in [-0.2, 0) is 16.1 Å². The van der Waals surface area contributed by atoms with Crippen molar-refractivity contribution in [2.24, 2.45) is 0 Å². The van der Waals surface area contributed by atoms with Crippen molar-refractivity contribution in [3.63, 3.8) is 0 Å². The fourth-order valence-electron chi connectivity index (χ4n) is 4.13. The van der Waals surface area contributed by atoms with Gasteiger partial charge < -0.3 is 5.32 Å². The normalized spacial score (nSPS) is 14.9. The first-order valence-electron chi connectivity index (χ1n) is 11.1. The SMILES string of the molecule is O=C(CCN1C(=O)/C(=C/c2c3ccccc3cc3ccccc23)SC1=S)NCc1ccccc1. The average molecular weight is 483 g/mol. The topological polar surface area (TPSA) is 49.4 Å². The summed E-state index contributed by atoms with van der Waals surface area (Å²) in [6.07, 6.45) is 2.14. The molecule has 0 aliphatic carbocycles. The highest BCUT2D eigenvalue weighted by atomic mass is 32.2. The van der Waals surface area contributed by atoms with Crippen LogP contribution in [0.5, 0.6) is 0 Å². The predicted octanol–water partition coefficient (Wildman–Crippen LogP) is 5.90. The molecule has 1 fully saturated rings. The molecule has 4 aromatic rings. The highest BCUT2D eigenvalue weighted by Crippen LogP contribution is 2.36. The van der Waals surface area contributed by atoms with Crippen LogP contribution in [0.25, 0.3) is 27.6 Å². The number of rotatable bonds is 6. The molecule has 1 heterocycles. The molecule has 6 heteroatoms. The van der Waals surface area contributed by atoms with Crippen molar-refractivity contribution < 1.29 is 9.59 Å². The van der Waals surface area contributed by atoms with Gasteiger partial charge in [0, 0.05) is 19.5 Å². The van der Waals surface area contributed by atoms with E-state index >= 15 is 0 Å². The fourth-order valence-corrected chi connectivity index (χ4v) is 5.42. The number of hydrogen-bond donors (Lipinski definition) is 1. The van der Waals surface area contributed by atoms with Gasteiger partial charge in [0.25, 0.3) is 5.91 Å². The van der Waals surface area contributed by atoms with Crippen LogP contribution in [0.2, 0.25) is 0 Å². The van der Waals surface area contributed by atoms with Crippen LogP contribution in [0.1, 0.15) is 17.5 Å². The van der Waals surface area contributed by atoms with Crippen molar-refractivity contribution >= 4 is 67.7 Å². The van der Waals surface area contributed by atoms with Gasteiger partial charge in [-0.25, -0.2) is 0 Å². The number of nitrogens with zero attached hydrogens (tertiary/aromatic N) is 1. The lowest BCUT2D eigenvalue weighted by molar-refractivity contribution is -0.123. The summed E-state index contributed by atoms with van der Waals surface area (Å²) in [5, 5.41) is 7.33. The Labute approximate surface area is 207 Å². The van der Waals surface area contributed by atoms with Gasteiger partial charge in [-0.3, -0.25) is 14.5 Å². The smallest absolute Gasteiger partial charge is 0.266 e. The summed E-state index contributed by atoms with van der Waals surface area (Å²) in [6, 6.07) is 28.3. The molecule has 0 atom stereocenters. The minimum absolute atomic E-state index is 0.109. The van der Waals surface area contributed by atoms with Gasteiger partial charge in [-0.1, -0.05) is 103 Å². The van der Waals surface area contributed by atoms with Crippen molar-refractivity contribution in [1.29, 1.82) is 0 Å². The summed E-state index contributed by atoms with van der Waals surface area (Å²) < 4.78 is 0.483. The van der Waals surface area contributed by atoms with Crippen LogP contribution in [0.3, 0.4) is 0 Å². The molecule has 1 aliphatic rings. The van der Waals surface area contributed by atoms with E-state index in [1.165, 1.54) is 16.7 Å². The van der Waals surface area contributed by atoms with Gasteiger partial charge in [0.05, 0.1) is 4.91 Å². The second kappa shape index (κ2) is 9.79. The summed E-state index contributed by atoms with van der Waals surface area (Å²) in [7, 11) is 0. The van der Waals surface area contributed by atoms with Crippen molar-refractivity contribution in [1.82, 2.24) is 10.2 Å². The van der Waals surface area contributed by atoms with Crippen LogP contribution in [-0.4, -0.2) is 27.6 Å². The van der Waals surface area contributed by atoms with Crippen LogP contribution >= 0.6 is 24.0 Å². The zero-order valence-corrected chi connectivity index (χ0v) is 20.0. The van der Waals surface area contributed by atoms with Crippen LogP contribution in [0.4, 0.5) is 0 Å².